The second kappa shape index (κ2) is 10.3. The Morgan fingerprint density at radius 1 is 0.966 bits per heavy atom. The zero-order valence-corrected chi connectivity index (χ0v) is 16.0. The lowest BCUT2D eigenvalue weighted by atomic mass is 9.97. The molecule has 0 aliphatic rings. The van der Waals surface area contributed by atoms with E-state index in [-0.39, 0.29) is 13.2 Å². The monoisotopic (exact) mass is 402 g/mol. The number of hydrogen-bond donors (Lipinski definition) is 2. The van der Waals surface area contributed by atoms with Crippen molar-refractivity contribution in [2.24, 2.45) is 5.73 Å². The third kappa shape index (κ3) is 6.11. The number of carbonyl (C=O) groups excluding carboxylic acids is 3. The smallest absolute Gasteiger partial charge is 0.355 e. The van der Waals surface area contributed by atoms with E-state index in [1.807, 2.05) is 6.07 Å². The molecule has 0 spiro atoms. The van der Waals surface area contributed by atoms with E-state index in [9.17, 15) is 14.4 Å². The minimum atomic E-state index is -3.14. The fraction of sp³-hybridized carbons (Fsp3) is 0.286. The summed E-state index contributed by atoms with van der Waals surface area (Å²) < 4.78 is 25.1. The van der Waals surface area contributed by atoms with Gasteiger partial charge in [0.1, 0.15) is 19.8 Å². The lowest BCUT2D eigenvalue weighted by molar-refractivity contribution is -0.166. The van der Waals surface area contributed by atoms with Crippen molar-refractivity contribution in [3.8, 4) is 0 Å². The highest BCUT2D eigenvalue weighted by Crippen LogP contribution is 2.19. The molecule has 0 heterocycles. The first-order chi connectivity index (χ1) is 13.8. The molecule has 3 N–H and O–H groups in total. The van der Waals surface area contributed by atoms with Gasteiger partial charge in [0.15, 0.2) is 0 Å². The van der Waals surface area contributed by atoms with E-state index in [1.54, 1.807) is 54.6 Å². The zero-order valence-electron chi connectivity index (χ0n) is 16.0. The molecule has 0 fully saturated rings. The van der Waals surface area contributed by atoms with Crippen molar-refractivity contribution in [2.75, 3.05) is 6.54 Å². The van der Waals surface area contributed by atoms with Crippen LogP contribution in [0.2, 0.25) is 0 Å². The zero-order chi connectivity index (χ0) is 21.3. The summed E-state index contributed by atoms with van der Waals surface area (Å²) >= 11 is 0. The van der Waals surface area contributed by atoms with Gasteiger partial charge >= 0.3 is 11.9 Å². The van der Waals surface area contributed by atoms with Crippen LogP contribution in [0.5, 0.6) is 0 Å². The lowest BCUT2D eigenvalue weighted by Crippen LogP contribution is -2.60. The number of esters is 2. The molecule has 2 rings (SSSR count). The van der Waals surface area contributed by atoms with E-state index in [1.165, 1.54) is 0 Å². The molecule has 0 aliphatic heterocycles. The molecule has 0 aromatic heterocycles. The Kier molecular flexibility index (Phi) is 7.85. The Hall–Kier alpha value is -3.26. The molecular weight excluding hydrogens is 379 g/mol. The Morgan fingerprint density at radius 3 is 1.93 bits per heavy atom. The highest BCUT2D eigenvalue weighted by molar-refractivity contribution is 6.07. The minimum Gasteiger partial charge on any atom is -0.460 e. The second-order valence-electron chi connectivity index (χ2n) is 6.39. The molecule has 0 saturated heterocycles. The lowest BCUT2D eigenvalue weighted by Gasteiger charge is -2.25. The summed E-state index contributed by atoms with van der Waals surface area (Å²) in [5, 5.41) is 2.05. The van der Waals surface area contributed by atoms with E-state index in [2.05, 4.69) is 5.32 Å². The van der Waals surface area contributed by atoms with E-state index < -0.39 is 36.1 Å². The van der Waals surface area contributed by atoms with Gasteiger partial charge < -0.3 is 20.5 Å². The number of hydrogen-bond acceptors (Lipinski definition) is 6. The second-order valence-corrected chi connectivity index (χ2v) is 6.39. The molecule has 2 aromatic carbocycles. The van der Waals surface area contributed by atoms with Crippen LogP contribution in [0.25, 0.3) is 0 Å². The quantitative estimate of drug-likeness (QED) is 0.488. The van der Waals surface area contributed by atoms with E-state index in [0.717, 1.165) is 12.5 Å². The van der Waals surface area contributed by atoms with Crippen LogP contribution in [0.4, 0.5) is 4.39 Å². The Bertz CT molecular complexity index is 829. The maximum Gasteiger partial charge on any atom is 0.355 e. The Balaban J connectivity index is 1.89. The van der Waals surface area contributed by atoms with Crippen LogP contribution in [-0.2, 0) is 37.1 Å². The molecular formula is C21H23FN2O5. The molecule has 1 amide bonds. The molecule has 0 unspecified atom stereocenters. The largest absolute Gasteiger partial charge is 0.460 e. The maximum atomic E-state index is 15.1. The van der Waals surface area contributed by atoms with Crippen LogP contribution < -0.4 is 11.1 Å². The summed E-state index contributed by atoms with van der Waals surface area (Å²) in [4.78, 5) is 36.3. The van der Waals surface area contributed by atoms with Gasteiger partial charge in [-0.3, -0.25) is 9.59 Å². The van der Waals surface area contributed by atoms with E-state index in [0.29, 0.717) is 5.56 Å². The van der Waals surface area contributed by atoms with Gasteiger partial charge in [-0.2, -0.15) is 0 Å². The highest BCUT2D eigenvalue weighted by atomic mass is 19.1. The van der Waals surface area contributed by atoms with Crippen molar-refractivity contribution in [1.82, 2.24) is 5.32 Å². The molecule has 7 nitrogen and oxygen atoms in total. The van der Waals surface area contributed by atoms with Crippen molar-refractivity contribution in [1.29, 1.82) is 0 Å². The first-order valence-corrected chi connectivity index (χ1v) is 8.97. The summed E-state index contributed by atoms with van der Waals surface area (Å²) in [6.45, 7) is 0.334. The van der Waals surface area contributed by atoms with Crippen LogP contribution in [-0.4, -0.2) is 36.1 Å². The van der Waals surface area contributed by atoms with Crippen molar-refractivity contribution in [2.45, 2.75) is 31.8 Å². The minimum absolute atomic E-state index is 0.00270. The van der Waals surface area contributed by atoms with Crippen molar-refractivity contribution < 1.29 is 28.2 Å². The van der Waals surface area contributed by atoms with Gasteiger partial charge in [0, 0.05) is 0 Å². The van der Waals surface area contributed by atoms with Gasteiger partial charge in [-0.15, -0.1) is 0 Å². The van der Waals surface area contributed by atoms with Crippen LogP contribution in [0.3, 0.4) is 0 Å². The number of nitrogens with one attached hydrogen (secondary N) is 1. The first kappa shape index (κ1) is 22.0. The summed E-state index contributed by atoms with van der Waals surface area (Å²) in [6.07, 6.45) is 0. The number of carbonyl (C=O) groups is 3. The average molecular weight is 402 g/mol. The number of alkyl halides is 1. The number of benzene rings is 2. The fourth-order valence-electron chi connectivity index (χ4n) is 2.38. The third-order valence-electron chi connectivity index (χ3n) is 4.10. The molecule has 2 atom stereocenters. The fourth-order valence-corrected chi connectivity index (χ4v) is 2.38. The molecule has 0 aliphatic carbocycles. The van der Waals surface area contributed by atoms with E-state index >= 15 is 4.39 Å². The van der Waals surface area contributed by atoms with Crippen LogP contribution in [0.15, 0.2) is 60.7 Å². The average Bonchev–Trinajstić information content (AvgIpc) is 2.74. The summed E-state index contributed by atoms with van der Waals surface area (Å²) in [6, 6.07) is 16.0. The molecule has 154 valence electrons. The number of nitrogens with two attached hydrogens (primary N) is 1. The van der Waals surface area contributed by atoms with Gasteiger partial charge in [0.2, 0.25) is 0 Å². The number of rotatable bonds is 9. The van der Waals surface area contributed by atoms with Gasteiger partial charge in [-0.05, 0) is 18.1 Å². The molecule has 0 bridgehead atoms. The number of halogens is 1. The highest BCUT2D eigenvalue weighted by Gasteiger charge is 2.52. The maximum absolute atomic E-state index is 15.1. The number of ether oxygens (including phenoxy) is 2. The van der Waals surface area contributed by atoms with Gasteiger partial charge in [0.05, 0.1) is 6.04 Å². The summed E-state index contributed by atoms with van der Waals surface area (Å²) in [5.41, 5.74) is 3.77. The van der Waals surface area contributed by atoms with Crippen molar-refractivity contribution >= 4 is 17.8 Å². The predicted molar refractivity (Wildman–Crippen MR) is 103 cm³/mol. The van der Waals surface area contributed by atoms with E-state index in [4.69, 9.17) is 15.2 Å². The van der Waals surface area contributed by atoms with Crippen LogP contribution in [0, 0.1) is 0 Å². The molecule has 0 radical (unpaired) electrons. The first-order valence-electron chi connectivity index (χ1n) is 8.97. The third-order valence-corrected chi connectivity index (χ3v) is 4.10. The molecule has 29 heavy (non-hydrogen) atoms. The summed E-state index contributed by atoms with van der Waals surface area (Å²) in [5.74, 6) is -3.57. The number of amides is 1. The molecule has 8 heteroatoms. The topological polar surface area (TPSA) is 108 Å². The SMILES string of the molecule is C[C@H](N)[C@@](F)(C(=O)NCC(=O)OCc1ccccc1)C(=O)OCc1ccccc1. The summed E-state index contributed by atoms with van der Waals surface area (Å²) in [7, 11) is 0. The molecule has 2 aromatic rings. The normalized spacial score (nSPS) is 13.6. The molecule has 0 saturated carbocycles. The van der Waals surface area contributed by atoms with Crippen LogP contribution >= 0.6 is 0 Å². The van der Waals surface area contributed by atoms with Gasteiger partial charge in [-0.25, -0.2) is 9.18 Å². The van der Waals surface area contributed by atoms with Crippen molar-refractivity contribution in [3.05, 3.63) is 71.8 Å². The van der Waals surface area contributed by atoms with Gasteiger partial charge in [0.25, 0.3) is 11.6 Å². The van der Waals surface area contributed by atoms with Gasteiger partial charge in [-0.1, -0.05) is 60.7 Å². The van der Waals surface area contributed by atoms with Crippen LogP contribution in [0.1, 0.15) is 18.1 Å². The van der Waals surface area contributed by atoms with Crippen molar-refractivity contribution in [3.63, 3.8) is 0 Å². The Morgan fingerprint density at radius 2 is 1.45 bits per heavy atom. The predicted octanol–water partition coefficient (Wildman–Crippen LogP) is 1.64. The Labute approximate surface area is 168 Å². The standard InChI is InChI=1S/C21H23FN2O5/c1-15(23)21(22,20(27)29-14-17-10-6-3-7-11-17)19(26)24-12-18(25)28-13-16-8-4-2-5-9-16/h2-11,15H,12-14,23H2,1H3,(H,24,26)/t15-,21+/m0/s1.